The topological polar surface area (TPSA) is 75.7 Å². The third-order valence-corrected chi connectivity index (χ3v) is 4.53. The first-order valence-corrected chi connectivity index (χ1v) is 9.72. The molecule has 0 aliphatic heterocycles. The Morgan fingerprint density at radius 1 is 1.04 bits per heavy atom. The van der Waals surface area contributed by atoms with Gasteiger partial charge < -0.3 is 19.1 Å². The summed E-state index contributed by atoms with van der Waals surface area (Å²) in [5, 5.41) is 3.46. The maximum atomic E-state index is 13.1. The van der Waals surface area contributed by atoms with Crippen LogP contribution in [0.2, 0.25) is 0 Å². The van der Waals surface area contributed by atoms with E-state index >= 15 is 0 Å². The Labute approximate surface area is 165 Å². The van der Waals surface area contributed by atoms with Crippen LogP contribution in [-0.2, 0) is 0 Å². The number of rotatable bonds is 7. The van der Waals surface area contributed by atoms with E-state index in [-0.39, 0.29) is 17.4 Å². The van der Waals surface area contributed by atoms with Crippen LogP contribution in [0.5, 0.6) is 0 Å². The molecule has 0 radical (unpaired) electrons. The molecule has 0 saturated heterocycles. The summed E-state index contributed by atoms with van der Waals surface area (Å²) in [7, 11) is 0. The first-order chi connectivity index (χ1) is 13.0. The van der Waals surface area contributed by atoms with Gasteiger partial charge in [-0.15, -0.1) is 0 Å². The van der Waals surface area contributed by atoms with Crippen molar-refractivity contribution in [3.63, 3.8) is 0 Å². The van der Waals surface area contributed by atoms with Crippen LogP contribution in [0.4, 0.5) is 5.69 Å². The molecule has 2 amide bonds. The molecule has 0 aliphatic carbocycles. The molecule has 3 aromatic rings. The number of hydrogen-bond donors (Lipinski definition) is 1. The molecular formula is C20H21BrN2O4. The van der Waals surface area contributed by atoms with Crippen molar-refractivity contribution in [1.82, 2.24) is 4.90 Å². The molecule has 27 heavy (non-hydrogen) atoms. The molecule has 0 atom stereocenters. The molecule has 0 saturated carbocycles. The van der Waals surface area contributed by atoms with Gasteiger partial charge in [0.25, 0.3) is 11.8 Å². The summed E-state index contributed by atoms with van der Waals surface area (Å²) in [6.07, 6.45) is 1.68. The van der Waals surface area contributed by atoms with Crippen molar-refractivity contribution in [2.75, 3.05) is 18.4 Å². The van der Waals surface area contributed by atoms with E-state index in [9.17, 15) is 9.59 Å². The van der Waals surface area contributed by atoms with Crippen molar-refractivity contribution < 1.29 is 18.4 Å². The largest absolute Gasteiger partial charge is 0.449 e. The quantitative estimate of drug-likeness (QED) is 0.549. The summed E-state index contributed by atoms with van der Waals surface area (Å²) in [6.45, 7) is 5.29. The van der Waals surface area contributed by atoms with Gasteiger partial charge in [-0.3, -0.25) is 9.59 Å². The van der Waals surface area contributed by atoms with E-state index in [4.69, 9.17) is 8.83 Å². The summed E-state index contributed by atoms with van der Waals surface area (Å²) in [5.74, 6) is -0.397. The third-order valence-electron chi connectivity index (χ3n) is 4.10. The number of anilines is 1. The van der Waals surface area contributed by atoms with Crippen molar-refractivity contribution in [3.05, 3.63) is 52.6 Å². The molecular weight excluding hydrogens is 412 g/mol. The van der Waals surface area contributed by atoms with Crippen LogP contribution in [0.15, 0.2) is 49.9 Å². The molecule has 1 aromatic carbocycles. The van der Waals surface area contributed by atoms with Gasteiger partial charge in [0, 0.05) is 18.5 Å². The van der Waals surface area contributed by atoms with Crippen LogP contribution < -0.4 is 5.32 Å². The fourth-order valence-electron chi connectivity index (χ4n) is 2.93. The highest BCUT2D eigenvalue weighted by atomic mass is 79.9. The number of halogens is 1. The van der Waals surface area contributed by atoms with E-state index in [0.717, 1.165) is 12.8 Å². The fourth-order valence-corrected chi connectivity index (χ4v) is 3.24. The molecule has 0 fully saturated rings. The van der Waals surface area contributed by atoms with Crippen LogP contribution >= 0.6 is 15.9 Å². The Morgan fingerprint density at radius 3 is 2.37 bits per heavy atom. The van der Waals surface area contributed by atoms with E-state index in [1.807, 2.05) is 32.0 Å². The second kappa shape index (κ2) is 8.43. The van der Waals surface area contributed by atoms with Gasteiger partial charge >= 0.3 is 0 Å². The summed E-state index contributed by atoms with van der Waals surface area (Å²) in [4.78, 5) is 27.4. The van der Waals surface area contributed by atoms with Gasteiger partial charge in [-0.1, -0.05) is 26.0 Å². The van der Waals surface area contributed by atoms with Gasteiger partial charge in [-0.25, -0.2) is 0 Å². The zero-order valence-electron chi connectivity index (χ0n) is 15.3. The minimum Gasteiger partial charge on any atom is -0.449 e. The second-order valence-electron chi connectivity index (χ2n) is 6.15. The Morgan fingerprint density at radius 2 is 1.74 bits per heavy atom. The number of hydrogen-bond acceptors (Lipinski definition) is 4. The number of nitrogens with one attached hydrogen (secondary N) is 1. The molecule has 2 heterocycles. The maximum Gasteiger partial charge on any atom is 0.291 e. The normalized spacial score (nSPS) is 10.9. The van der Waals surface area contributed by atoms with Crippen molar-refractivity contribution >= 4 is 44.4 Å². The summed E-state index contributed by atoms with van der Waals surface area (Å²) in [6, 6.07) is 10.4. The lowest BCUT2D eigenvalue weighted by Crippen LogP contribution is -2.32. The molecule has 0 spiro atoms. The summed E-state index contributed by atoms with van der Waals surface area (Å²) >= 11 is 3.18. The van der Waals surface area contributed by atoms with Crippen LogP contribution in [-0.4, -0.2) is 29.8 Å². The molecule has 0 aliphatic rings. The van der Waals surface area contributed by atoms with Gasteiger partial charge in [-0.2, -0.15) is 0 Å². The Balaban J connectivity index is 2.01. The molecule has 2 aromatic heterocycles. The average Bonchev–Trinajstić information content (AvgIpc) is 3.25. The Bertz CT molecular complexity index is 954. The smallest absolute Gasteiger partial charge is 0.291 e. The fraction of sp³-hybridized carbons (Fsp3) is 0.300. The number of fused-ring (bicyclic) bond motifs is 1. The summed E-state index contributed by atoms with van der Waals surface area (Å²) < 4.78 is 11.6. The molecule has 6 nitrogen and oxygen atoms in total. The lowest BCUT2D eigenvalue weighted by atomic mass is 10.2. The van der Waals surface area contributed by atoms with Gasteiger partial charge in [0.15, 0.2) is 10.4 Å². The van der Waals surface area contributed by atoms with E-state index in [0.29, 0.717) is 34.4 Å². The third kappa shape index (κ3) is 4.08. The van der Waals surface area contributed by atoms with E-state index in [1.54, 1.807) is 23.1 Å². The van der Waals surface area contributed by atoms with Crippen molar-refractivity contribution in [2.24, 2.45) is 0 Å². The Kier molecular flexibility index (Phi) is 6.01. The number of para-hydroxylation sites is 1. The molecule has 3 rings (SSSR count). The lowest BCUT2D eigenvalue weighted by molar-refractivity contribution is 0.0727. The van der Waals surface area contributed by atoms with Crippen LogP contribution in [0, 0.1) is 0 Å². The summed E-state index contributed by atoms with van der Waals surface area (Å²) in [5.41, 5.74) is 0.912. The van der Waals surface area contributed by atoms with Crippen LogP contribution in [0.25, 0.3) is 11.0 Å². The SMILES string of the molecule is CCCN(CCC)C(=O)c1oc2ccccc2c1NC(=O)c1ccc(Br)o1. The van der Waals surface area contributed by atoms with E-state index in [1.165, 1.54) is 0 Å². The van der Waals surface area contributed by atoms with Crippen molar-refractivity contribution in [2.45, 2.75) is 26.7 Å². The van der Waals surface area contributed by atoms with Gasteiger partial charge in [0.05, 0.1) is 0 Å². The number of furan rings is 2. The van der Waals surface area contributed by atoms with Gasteiger partial charge in [0.1, 0.15) is 11.3 Å². The highest BCUT2D eigenvalue weighted by Crippen LogP contribution is 2.32. The average molecular weight is 433 g/mol. The number of nitrogens with zero attached hydrogens (tertiary/aromatic N) is 1. The van der Waals surface area contributed by atoms with E-state index < -0.39 is 5.91 Å². The zero-order chi connectivity index (χ0) is 19.4. The molecule has 0 unspecified atom stereocenters. The lowest BCUT2D eigenvalue weighted by Gasteiger charge is -2.20. The van der Waals surface area contributed by atoms with Crippen LogP contribution in [0.1, 0.15) is 47.8 Å². The molecule has 0 bridgehead atoms. The van der Waals surface area contributed by atoms with Gasteiger partial charge in [0.2, 0.25) is 5.76 Å². The van der Waals surface area contributed by atoms with Crippen LogP contribution in [0.3, 0.4) is 0 Å². The maximum absolute atomic E-state index is 13.1. The zero-order valence-corrected chi connectivity index (χ0v) is 16.8. The monoisotopic (exact) mass is 432 g/mol. The molecule has 142 valence electrons. The minimum atomic E-state index is -0.446. The first-order valence-electron chi connectivity index (χ1n) is 8.92. The second-order valence-corrected chi connectivity index (χ2v) is 6.93. The van der Waals surface area contributed by atoms with Crippen molar-refractivity contribution in [1.29, 1.82) is 0 Å². The predicted molar refractivity (Wildman–Crippen MR) is 107 cm³/mol. The first kappa shape index (κ1) is 19.2. The molecule has 7 heteroatoms. The van der Waals surface area contributed by atoms with Crippen molar-refractivity contribution in [3.8, 4) is 0 Å². The number of amides is 2. The Hall–Kier alpha value is -2.54. The highest BCUT2D eigenvalue weighted by molar-refractivity contribution is 9.10. The van der Waals surface area contributed by atoms with Gasteiger partial charge in [-0.05, 0) is 53.0 Å². The number of carbonyl (C=O) groups is 2. The number of benzene rings is 1. The molecule has 1 N–H and O–H groups in total. The predicted octanol–water partition coefficient (Wildman–Crippen LogP) is 5.30. The van der Waals surface area contributed by atoms with E-state index in [2.05, 4.69) is 21.2 Å². The minimum absolute atomic E-state index is 0.136. The standard InChI is InChI=1S/C20H21BrN2O4/c1-3-11-23(12-4-2)20(25)18-17(13-7-5-6-8-14(13)27-18)22-19(24)15-9-10-16(21)26-15/h5-10H,3-4,11-12H2,1-2H3,(H,22,24). The number of carbonyl (C=O) groups excluding carboxylic acids is 2. The highest BCUT2D eigenvalue weighted by Gasteiger charge is 2.26.